The summed E-state index contributed by atoms with van der Waals surface area (Å²) in [6.07, 6.45) is 0.962. The molecule has 0 aromatic heterocycles. The molecule has 0 radical (unpaired) electrons. The highest BCUT2D eigenvalue weighted by Crippen LogP contribution is 2.40. The molecule has 0 amide bonds. The quantitative estimate of drug-likeness (QED) is 0.0577. The van der Waals surface area contributed by atoms with Crippen molar-refractivity contribution in [1.29, 1.82) is 0 Å². The maximum Gasteiger partial charge on any atom is 0.378 e. The lowest BCUT2D eigenvalue weighted by Gasteiger charge is -2.39. The molecule has 8 atom stereocenters. The molecular weight excluding hydrogens is 532 g/mol. The van der Waals surface area contributed by atoms with E-state index in [0.29, 0.717) is 0 Å². The van der Waals surface area contributed by atoms with E-state index in [9.17, 15) is 45.6 Å². The van der Waals surface area contributed by atoms with Gasteiger partial charge in [0.25, 0.3) is 0 Å². The van der Waals surface area contributed by atoms with Gasteiger partial charge >= 0.3 is 5.97 Å². The molecule has 2 unspecified atom stereocenters. The highest BCUT2D eigenvalue weighted by molar-refractivity contribution is 5.90. The zero-order valence-corrected chi connectivity index (χ0v) is 23.0. The SMILES string of the molecule is CCCCCCCCCCC=COC[C@H](O)[C@@]1(CC(O)CO)OC(=O)C(OC2O[C@H](CO)[C@@H](O)[C@H](O)[C@H]2O)=C1O. The average Bonchev–Trinajstić information content (AvgIpc) is 3.18. The van der Waals surface area contributed by atoms with Gasteiger partial charge in [-0.1, -0.05) is 51.9 Å². The molecule has 0 bridgehead atoms. The number of ether oxygens (including phenoxy) is 4. The Balaban J connectivity index is 2.00. The van der Waals surface area contributed by atoms with E-state index in [1.54, 1.807) is 6.08 Å². The van der Waals surface area contributed by atoms with Gasteiger partial charge in [0.15, 0.2) is 5.76 Å². The van der Waals surface area contributed by atoms with Gasteiger partial charge < -0.3 is 59.8 Å². The van der Waals surface area contributed by atoms with Crippen LogP contribution in [0.5, 0.6) is 0 Å². The first-order valence-electron chi connectivity index (χ1n) is 14.0. The summed E-state index contributed by atoms with van der Waals surface area (Å²) >= 11 is 0. The fourth-order valence-electron chi connectivity index (χ4n) is 4.66. The normalized spacial score (nSPS) is 30.5. The zero-order chi connectivity index (χ0) is 29.7. The van der Waals surface area contributed by atoms with Crippen molar-refractivity contribution in [3.8, 4) is 0 Å². The number of esters is 1. The summed E-state index contributed by atoms with van der Waals surface area (Å²) in [5.74, 6) is -3.14. The van der Waals surface area contributed by atoms with E-state index in [4.69, 9.17) is 18.9 Å². The van der Waals surface area contributed by atoms with Gasteiger partial charge in [0.2, 0.25) is 17.7 Å². The van der Waals surface area contributed by atoms with Crippen LogP contribution in [0.3, 0.4) is 0 Å². The van der Waals surface area contributed by atoms with E-state index in [2.05, 4.69) is 6.92 Å². The Hall–Kier alpha value is -1.97. The van der Waals surface area contributed by atoms with Crippen molar-refractivity contribution in [2.75, 3.05) is 19.8 Å². The first-order valence-corrected chi connectivity index (χ1v) is 14.0. The minimum atomic E-state index is -2.27. The minimum absolute atomic E-state index is 0.462. The van der Waals surface area contributed by atoms with Gasteiger partial charge in [-0.15, -0.1) is 0 Å². The molecule has 0 spiro atoms. The van der Waals surface area contributed by atoms with Crippen molar-refractivity contribution < 1.29 is 64.6 Å². The van der Waals surface area contributed by atoms with Crippen molar-refractivity contribution in [3.63, 3.8) is 0 Å². The third-order valence-corrected chi connectivity index (χ3v) is 7.12. The summed E-state index contributed by atoms with van der Waals surface area (Å²) in [6.45, 7) is 0.193. The fraction of sp³-hybridized carbons (Fsp3) is 0.815. The van der Waals surface area contributed by atoms with Gasteiger partial charge in [-0.2, -0.15) is 0 Å². The molecule has 1 fully saturated rings. The van der Waals surface area contributed by atoms with Crippen molar-refractivity contribution in [3.05, 3.63) is 23.9 Å². The number of unbranched alkanes of at least 4 members (excludes halogenated alkanes) is 8. The van der Waals surface area contributed by atoms with Gasteiger partial charge in [0.05, 0.1) is 25.6 Å². The highest BCUT2D eigenvalue weighted by atomic mass is 16.7. The van der Waals surface area contributed by atoms with Crippen LogP contribution >= 0.6 is 0 Å². The second-order valence-corrected chi connectivity index (χ2v) is 10.3. The molecule has 0 aromatic rings. The van der Waals surface area contributed by atoms with Crippen molar-refractivity contribution in [2.24, 2.45) is 0 Å². The first-order chi connectivity index (χ1) is 19.1. The van der Waals surface area contributed by atoms with Gasteiger partial charge in [-0.25, -0.2) is 4.79 Å². The third-order valence-electron chi connectivity index (χ3n) is 7.12. The Morgan fingerprint density at radius 3 is 2.25 bits per heavy atom. The Morgan fingerprint density at radius 1 is 0.975 bits per heavy atom. The van der Waals surface area contributed by atoms with E-state index in [-0.39, 0.29) is 0 Å². The van der Waals surface area contributed by atoms with Crippen LogP contribution in [0, 0.1) is 0 Å². The van der Waals surface area contributed by atoms with Crippen LogP contribution in [0.25, 0.3) is 0 Å². The smallest absolute Gasteiger partial charge is 0.378 e. The molecule has 2 aliphatic heterocycles. The molecule has 2 aliphatic rings. The Bertz CT molecular complexity index is 816. The second-order valence-electron chi connectivity index (χ2n) is 10.3. The summed E-state index contributed by atoms with van der Waals surface area (Å²) in [5.41, 5.74) is -2.27. The van der Waals surface area contributed by atoms with Crippen LogP contribution in [0.1, 0.15) is 71.1 Å². The maximum absolute atomic E-state index is 12.7. The van der Waals surface area contributed by atoms with Crippen molar-refractivity contribution in [1.82, 2.24) is 0 Å². The third kappa shape index (κ3) is 9.02. The molecule has 13 heteroatoms. The standard InChI is InChI=1S/C27H46O13/c1-2-3-4-5-6-7-8-9-10-11-12-37-16-19(31)27(13-17(30)14-28)24(35)23(25(36)40-27)39-26-22(34)21(33)20(32)18(15-29)38-26/h11-12,17-22,26,28-35H,2-10,13-16H2,1H3/t17?,18-,19+,20-,21+,22-,26?,27-/m1/s1. The maximum atomic E-state index is 12.7. The summed E-state index contributed by atoms with van der Waals surface area (Å²) in [6, 6.07) is 0. The number of cyclic esters (lactones) is 1. The largest absolute Gasteiger partial charge is 0.505 e. The average molecular weight is 579 g/mol. The molecule has 40 heavy (non-hydrogen) atoms. The molecule has 1 saturated heterocycles. The van der Waals surface area contributed by atoms with E-state index < -0.39 is 92.2 Å². The van der Waals surface area contributed by atoms with Gasteiger partial charge in [0, 0.05) is 6.42 Å². The van der Waals surface area contributed by atoms with E-state index in [1.165, 1.54) is 38.4 Å². The fourth-order valence-corrected chi connectivity index (χ4v) is 4.66. The summed E-state index contributed by atoms with van der Waals surface area (Å²) in [7, 11) is 0. The Morgan fingerprint density at radius 2 is 1.62 bits per heavy atom. The number of aliphatic hydroxyl groups is 8. The zero-order valence-electron chi connectivity index (χ0n) is 23.0. The molecule has 13 nitrogen and oxygen atoms in total. The number of hydrogen-bond donors (Lipinski definition) is 8. The molecule has 232 valence electrons. The minimum Gasteiger partial charge on any atom is -0.505 e. The predicted octanol–water partition coefficient (Wildman–Crippen LogP) is 0.0334. The van der Waals surface area contributed by atoms with Crippen LogP contribution in [-0.4, -0.2) is 115 Å². The van der Waals surface area contributed by atoms with Crippen LogP contribution in [0.15, 0.2) is 23.9 Å². The van der Waals surface area contributed by atoms with Crippen molar-refractivity contribution >= 4 is 5.97 Å². The summed E-state index contributed by atoms with van der Waals surface area (Å²) in [4.78, 5) is 12.7. The van der Waals surface area contributed by atoms with Crippen LogP contribution in [0.4, 0.5) is 0 Å². The summed E-state index contributed by atoms with van der Waals surface area (Å²) in [5, 5.41) is 80.6. The Kier molecular flexibility index (Phi) is 14.6. The molecule has 2 rings (SSSR count). The molecule has 2 heterocycles. The van der Waals surface area contributed by atoms with E-state index in [0.717, 1.165) is 25.7 Å². The topological polar surface area (TPSA) is 216 Å². The van der Waals surface area contributed by atoms with Gasteiger partial charge in [-0.3, -0.25) is 0 Å². The van der Waals surface area contributed by atoms with Crippen LogP contribution < -0.4 is 0 Å². The van der Waals surface area contributed by atoms with Crippen LogP contribution in [0.2, 0.25) is 0 Å². The van der Waals surface area contributed by atoms with E-state index in [1.807, 2.05) is 0 Å². The highest BCUT2D eigenvalue weighted by Gasteiger charge is 2.57. The van der Waals surface area contributed by atoms with Crippen molar-refractivity contribution in [2.45, 2.75) is 120 Å². The number of hydrogen-bond acceptors (Lipinski definition) is 13. The molecule has 0 saturated carbocycles. The number of allylic oxidation sites excluding steroid dienone is 1. The summed E-state index contributed by atoms with van der Waals surface area (Å²) < 4.78 is 21.1. The lowest BCUT2D eigenvalue weighted by molar-refractivity contribution is -0.291. The lowest BCUT2D eigenvalue weighted by Crippen LogP contribution is -2.59. The van der Waals surface area contributed by atoms with Crippen LogP contribution in [-0.2, 0) is 23.7 Å². The number of aliphatic hydroxyl groups excluding tert-OH is 8. The number of carbonyl (C=O) groups excluding carboxylic acids is 1. The molecular formula is C27H46O13. The monoisotopic (exact) mass is 578 g/mol. The predicted molar refractivity (Wildman–Crippen MR) is 139 cm³/mol. The molecule has 0 aromatic carbocycles. The van der Waals surface area contributed by atoms with Gasteiger partial charge in [-0.05, 0) is 18.9 Å². The molecule has 8 N–H and O–H groups in total. The lowest BCUT2D eigenvalue weighted by atomic mass is 9.88. The number of rotatable bonds is 19. The van der Waals surface area contributed by atoms with E-state index >= 15 is 0 Å². The first kappa shape index (κ1) is 34.2. The second kappa shape index (κ2) is 17.1. The van der Waals surface area contributed by atoms with Gasteiger partial charge in [0.1, 0.15) is 37.1 Å². The molecule has 0 aliphatic carbocycles. The number of carbonyl (C=O) groups is 1. The Labute approximate surface area is 234 Å².